The number of hydrogen-bond acceptors (Lipinski definition) is 3. The summed E-state index contributed by atoms with van der Waals surface area (Å²) in [5, 5.41) is 9.41. The van der Waals surface area contributed by atoms with Crippen molar-refractivity contribution in [2.45, 2.75) is 45.6 Å². The monoisotopic (exact) mass is 271 g/mol. The fourth-order valence-electron chi connectivity index (χ4n) is 3.45. The molecule has 1 aromatic rings. The fourth-order valence-corrected chi connectivity index (χ4v) is 3.45. The standard InChI is InChI=1S/C17H25N3/c1-3-20(16-7-5-4-6-14(16)11-18)17-9-8-13(2)10-15(17)12-19/h8-10,14,16H,3-7,11,18H2,1-2H3. The predicted octanol–water partition coefficient (Wildman–Crippen LogP) is 3.21. The van der Waals surface area contributed by atoms with Crippen LogP contribution >= 0.6 is 0 Å². The quantitative estimate of drug-likeness (QED) is 0.915. The molecule has 0 saturated heterocycles. The van der Waals surface area contributed by atoms with Gasteiger partial charge in [0.25, 0.3) is 0 Å². The molecule has 0 aliphatic heterocycles. The highest BCUT2D eigenvalue weighted by atomic mass is 15.2. The number of nitrogens with zero attached hydrogens (tertiary/aromatic N) is 2. The molecule has 0 amide bonds. The number of aryl methyl sites for hydroxylation is 1. The lowest BCUT2D eigenvalue weighted by Gasteiger charge is -2.41. The first-order chi connectivity index (χ1) is 9.71. The van der Waals surface area contributed by atoms with E-state index in [2.05, 4.69) is 30.0 Å². The molecule has 2 atom stereocenters. The van der Waals surface area contributed by atoms with Gasteiger partial charge in [0.1, 0.15) is 6.07 Å². The van der Waals surface area contributed by atoms with Crippen molar-refractivity contribution in [3.63, 3.8) is 0 Å². The molecule has 0 bridgehead atoms. The number of hydrogen-bond donors (Lipinski definition) is 1. The number of nitriles is 1. The molecule has 3 nitrogen and oxygen atoms in total. The second-order valence-corrected chi connectivity index (χ2v) is 5.77. The zero-order valence-corrected chi connectivity index (χ0v) is 12.6. The summed E-state index contributed by atoms with van der Waals surface area (Å²) in [6.45, 7) is 5.88. The normalized spacial score (nSPS) is 22.3. The van der Waals surface area contributed by atoms with Gasteiger partial charge in [0.15, 0.2) is 0 Å². The van der Waals surface area contributed by atoms with Crippen LogP contribution in [0.5, 0.6) is 0 Å². The van der Waals surface area contributed by atoms with Crippen LogP contribution in [-0.2, 0) is 0 Å². The zero-order valence-electron chi connectivity index (χ0n) is 12.6. The van der Waals surface area contributed by atoms with E-state index in [9.17, 15) is 5.26 Å². The minimum absolute atomic E-state index is 0.480. The third kappa shape index (κ3) is 2.96. The lowest BCUT2D eigenvalue weighted by molar-refractivity contribution is 0.300. The van der Waals surface area contributed by atoms with Crippen molar-refractivity contribution >= 4 is 5.69 Å². The summed E-state index contributed by atoms with van der Waals surface area (Å²) in [7, 11) is 0. The molecule has 2 rings (SSSR count). The number of nitrogens with two attached hydrogens (primary N) is 1. The molecule has 2 unspecified atom stereocenters. The number of benzene rings is 1. The Morgan fingerprint density at radius 3 is 2.75 bits per heavy atom. The Balaban J connectivity index is 2.34. The Bertz CT molecular complexity index is 489. The van der Waals surface area contributed by atoms with Crippen molar-refractivity contribution in [3.05, 3.63) is 29.3 Å². The van der Waals surface area contributed by atoms with E-state index in [4.69, 9.17) is 5.73 Å². The van der Waals surface area contributed by atoms with E-state index in [0.717, 1.165) is 29.9 Å². The molecule has 20 heavy (non-hydrogen) atoms. The van der Waals surface area contributed by atoms with E-state index >= 15 is 0 Å². The Morgan fingerprint density at radius 1 is 1.35 bits per heavy atom. The highest BCUT2D eigenvalue weighted by molar-refractivity contribution is 5.61. The van der Waals surface area contributed by atoms with E-state index in [1.807, 2.05) is 13.0 Å². The summed E-state index contributed by atoms with van der Waals surface area (Å²) >= 11 is 0. The molecule has 0 aromatic heterocycles. The largest absolute Gasteiger partial charge is 0.367 e. The lowest BCUT2D eigenvalue weighted by atomic mass is 9.83. The molecule has 1 saturated carbocycles. The average molecular weight is 271 g/mol. The molecule has 0 spiro atoms. The fraction of sp³-hybridized carbons (Fsp3) is 0.588. The summed E-state index contributed by atoms with van der Waals surface area (Å²) in [5.74, 6) is 0.552. The number of rotatable bonds is 4. The van der Waals surface area contributed by atoms with Crippen LogP contribution in [0.3, 0.4) is 0 Å². The first kappa shape index (κ1) is 14.9. The number of anilines is 1. The van der Waals surface area contributed by atoms with E-state index in [1.165, 1.54) is 25.7 Å². The van der Waals surface area contributed by atoms with Crippen LogP contribution in [0.25, 0.3) is 0 Å². The minimum atomic E-state index is 0.480. The Labute approximate surface area is 122 Å². The molecule has 1 fully saturated rings. The van der Waals surface area contributed by atoms with Crippen LogP contribution in [0.1, 0.15) is 43.7 Å². The summed E-state index contributed by atoms with van der Waals surface area (Å²) in [4.78, 5) is 2.40. The second-order valence-electron chi connectivity index (χ2n) is 5.77. The maximum atomic E-state index is 9.41. The molecular formula is C17H25N3. The lowest BCUT2D eigenvalue weighted by Crippen LogP contribution is -2.45. The minimum Gasteiger partial charge on any atom is -0.367 e. The van der Waals surface area contributed by atoms with Gasteiger partial charge in [-0.15, -0.1) is 0 Å². The highest BCUT2D eigenvalue weighted by Gasteiger charge is 2.29. The van der Waals surface area contributed by atoms with E-state index in [1.54, 1.807) is 0 Å². The molecule has 0 heterocycles. The Hall–Kier alpha value is -1.53. The van der Waals surface area contributed by atoms with Crippen molar-refractivity contribution < 1.29 is 0 Å². The SMILES string of the molecule is CCN(c1ccc(C)cc1C#N)C1CCCCC1CN. The van der Waals surface area contributed by atoms with Crippen molar-refractivity contribution in [2.75, 3.05) is 18.0 Å². The van der Waals surface area contributed by atoms with Gasteiger partial charge in [-0.25, -0.2) is 0 Å². The van der Waals surface area contributed by atoms with E-state index < -0.39 is 0 Å². The van der Waals surface area contributed by atoms with Gasteiger partial charge in [-0.05, 0) is 56.8 Å². The first-order valence-electron chi connectivity index (χ1n) is 7.68. The first-order valence-corrected chi connectivity index (χ1v) is 7.68. The van der Waals surface area contributed by atoms with Gasteiger partial charge in [0.2, 0.25) is 0 Å². The highest BCUT2D eigenvalue weighted by Crippen LogP contribution is 2.32. The summed E-state index contributed by atoms with van der Waals surface area (Å²) < 4.78 is 0. The maximum Gasteiger partial charge on any atom is 0.101 e. The second kappa shape index (κ2) is 6.76. The van der Waals surface area contributed by atoms with Gasteiger partial charge < -0.3 is 10.6 Å². The van der Waals surface area contributed by atoms with Crippen molar-refractivity contribution in [1.29, 1.82) is 5.26 Å². The van der Waals surface area contributed by atoms with Gasteiger partial charge >= 0.3 is 0 Å². The van der Waals surface area contributed by atoms with E-state index in [-0.39, 0.29) is 0 Å². The molecule has 1 aliphatic carbocycles. The molecule has 3 heteroatoms. The zero-order chi connectivity index (χ0) is 14.5. The molecule has 0 radical (unpaired) electrons. The molecule has 108 valence electrons. The van der Waals surface area contributed by atoms with Crippen molar-refractivity contribution in [3.8, 4) is 6.07 Å². The molecule has 1 aliphatic rings. The van der Waals surface area contributed by atoms with Gasteiger partial charge in [0, 0.05) is 12.6 Å². The van der Waals surface area contributed by atoms with Crippen LogP contribution in [0.15, 0.2) is 18.2 Å². The van der Waals surface area contributed by atoms with Crippen molar-refractivity contribution in [2.24, 2.45) is 11.7 Å². The molecule has 1 aromatic carbocycles. The summed E-state index contributed by atoms with van der Waals surface area (Å²) in [5.41, 5.74) is 8.97. The average Bonchev–Trinajstić information content (AvgIpc) is 2.49. The molecular weight excluding hydrogens is 246 g/mol. The van der Waals surface area contributed by atoms with Gasteiger partial charge in [-0.3, -0.25) is 0 Å². The van der Waals surface area contributed by atoms with Gasteiger partial charge in [-0.2, -0.15) is 5.26 Å². The van der Waals surface area contributed by atoms with Crippen LogP contribution in [0.2, 0.25) is 0 Å². The van der Waals surface area contributed by atoms with Crippen molar-refractivity contribution in [1.82, 2.24) is 0 Å². The third-order valence-corrected chi connectivity index (χ3v) is 4.49. The van der Waals surface area contributed by atoms with Crippen LogP contribution < -0.4 is 10.6 Å². The third-order valence-electron chi connectivity index (χ3n) is 4.49. The van der Waals surface area contributed by atoms with Gasteiger partial charge in [0.05, 0.1) is 11.3 Å². The summed E-state index contributed by atoms with van der Waals surface area (Å²) in [6.07, 6.45) is 4.96. The van der Waals surface area contributed by atoms with E-state index in [0.29, 0.717) is 12.0 Å². The molecule has 2 N–H and O–H groups in total. The smallest absolute Gasteiger partial charge is 0.101 e. The Morgan fingerprint density at radius 2 is 2.10 bits per heavy atom. The Kier molecular flexibility index (Phi) is 5.03. The summed E-state index contributed by atoms with van der Waals surface area (Å²) in [6, 6.07) is 9.01. The maximum absolute atomic E-state index is 9.41. The van der Waals surface area contributed by atoms with Gasteiger partial charge in [-0.1, -0.05) is 18.9 Å². The van der Waals surface area contributed by atoms with Crippen LogP contribution in [-0.4, -0.2) is 19.1 Å². The topological polar surface area (TPSA) is 53.0 Å². The predicted molar refractivity (Wildman–Crippen MR) is 83.7 cm³/mol. The van der Waals surface area contributed by atoms with Crippen LogP contribution in [0.4, 0.5) is 5.69 Å². The van der Waals surface area contributed by atoms with Crippen LogP contribution in [0, 0.1) is 24.2 Å².